The van der Waals surface area contributed by atoms with E-state index < -0.39 is 0 Å². The molecule has 0 radical (unpaired) electrons. The topological polar surface area (TPSA) is 63.5 Å². The molecule has 5 heteroatoms. The summed E-state index contributed by atoms with van der Waals surface area (Å²) in [6.45, 7) is 4.47. The number of amides is 1. The van der Waals surface area contributed by atoms with E-state index in [4.69, 9.17) is 9.15 Å². The van der Waals surface area contributed by atoms with Crippen LogP contribution in [-0.2, 0) is 16.1 Å². The van der Waals surface area contributed by atoms with Gasteiger partial charge in [-0.25, -0.2) is 0 Å². The molecule has 1 aromatic heterocycles. The van der Waals surface area contributed by atoms with Crippen LogP contribution in [0.4, 0.5) is 0 Å². The van der Waals surface area contributed by atoms with E-state index in [0.717, 1.165) is 24.7 Å². The van der Waals surface area contributed by atoms with Crippen LogP contribution in [0.1, 0.15) is 17.9 Å². The third-order valence-electron chi connectivity index (χ3n) is 2.69. The number of carbonyl (C=O) groups excluding carboxylic acids is 1. The summed E-state index contributed by atoms with van der Waals surface area (Å²) in [5.41, 5.74) is 0. The molecule has 1 atom stereocenters. The highest BCUT2D eigenvalue weighted by Crippen LogP contribution is 2.06. The Morgan fingerprint density at radius 1 is 1.59 bits per heavy atom. The normalized spacial score (nSPS) is 20.2. The van der Waals surface area contributed by atoms with Crippen LogP contribution in [0, 0.1) is 6.92 Å². The zero-order valence-corrected chi connectivity index (χ0v) is 9.99. The minimum absolute atomic E-state index is 0.0158. The molecule has 1 fully saturated rings. The first-order chi connectivity index (χ1) is 8.24. The van der Waals surface area contributed by atoms with Crippen LogP contribution in [0.5, 0.6) is 0 Å². The number of ether oxygens (including phenoxy) is 1. The minimum atomic E-state index is 0.0158. The SMILES string of the molecule is Cc1ccc(CNC(=O)CC2COCCN2)o1. The number of aryl methyl sites for hydroxylation is 1. The van der Waals surface area contributed by atoms with Gasteiger partial charge in [0.05, 0.1) is 19.8 Å². The van der Waals surface area contributed by atoms with Gasteiger partial charge >= 0.3 is 0 Å². The van der Waals surface area contributed by atoms with Gasteiger partial charge in [0, 0.05) is 19.0 Å². The first-order valence-electron chi connectivity index (χ1n) is 5.87. The van der Waals surface area contributed by atoms with Crippen molar-refractivity contribution in [2.75, 3.05) is 19.8 Å². The van der Waals surface area contributed by atoms with Gasteiger partial charge in [0.2, 0.25) is 5.91 Å². The monoisotopic (exact) mass is 238 g/mol. The lowest BCUT2D eigenvalue weighted by Crippen LogP contribution is -2.44. The average Bonchev–Trinajstić information content (AvgIpc) is 2.74. The average molecular weight is 238 g/mol. The Labute approximate surface area is 101 Å². The maximum Gasteiger partial charge on any atom is 0.222 e. The summed E-state index contributed by atoms with van der Waals surface area (Å²) in [4.78, 5) is 11.6. The van der Waals surface area contributed by atoms with Crippen molar-refractivity contribution in [1.82, 2.24) is 10.6 Å². The molecule has 2 rings (SSSR count). The van der Waals surface area contributed by atoms with Crippen molar-refractivity contribution in [2.24, 2.45) is 0 Å². The molecule has 1 aliphatic rings. The highest BCUT2D eigenvalue weighted by atomic mass is 16.5. The van der Waals surface area contributed by atoms with Crippen molar-refractivity contribution >= 4 is 5.91 Å². The van der Waals surface area contributed by atoms with Crippen LogP contribution in [0.25, 0.3) is 0 Å². The predicted molar refractivity (Wildman–Crippen MR) is 62.5 cm³/mol. The Hall–Kier alpha value is -1.33. The van der Waals surface area contributed by atoms with Gasteiger partial charge in [-0.1, -0.05) is 0 Å². The van der Waals surface area contributed by atoms with Crippen LogP contribution >= 0.6 is 0 Å². The summed E-state index contributed by atoms with van der Waals surface area (Å²) >= 11 is 0. The van der Waals surface area contributed by atoms with Crippen molar-refractivity contribution in [1.29, 1.82) is 0 Å². The quantitative estimate of drug-likeness (QED) is 0.805. The van der Waals surface area contributed by atoms with Crippen LogP contribution < -0.4 is 10.6 Å². The van der Waals surface area contributed by atoms with Gasteiger partial charge in [-0.2, -0.15) is 0 Å². The van der Waals surface area contributed by atoms with Gasteiger partial charge in [0.15, 0.2) is 0 Å². The zero-order valence-electron chi connectivity index (χ0n) is 9.99. The molecule has 5 nitrogen and oxygen atoms in total. The van der Waals surface area contributed by atoms with Crippen LogP contribution in [0.2, 0.25) is 0 Å². The molecule has 1 saturated heterocycles. The Morgan fingerprint density at radius 2 is 2.47 bits per heavy atom. The summed E-state index contributed by atoms with van der Waals surface area (Å²) in [5, 5.41) is 6.07. The van der Waals surface area contributed by atoms with E-state index >= 15 is 0 Å². The largest absolute Gasteiger partial charge is 0.465 e. The Morgan fingerprint density at radius 3 is 3.12 bits per heavy atom. The first kappa shape index (κ1) is 12.1. The molecule has 0 bridgehead atoms. The number of furan rings is 1. The van der Waals surface area contributed by atoms with Crippen molar-refractivity contribution in [3.8, 4) is 0 Å². The van der Waals surface area contributed by atoms with Gasteiger partial charge in [-0.15, -0.1) is 0 Å². The Balaban J connectivity index is 1.70. The number of morpholine rings is 1. The molecule has 1 unspecified atom stereocenters. The Bertz CT molecular complexity index is 370. The lowest BCUT2D eigenvalue weighted by Gasteiger charge is -2.23. The number of rotatable bonds is 4. The standard InChI is InChI=1S/C12H18N2O3/c1-9-2-3-11(17-9)7-14-12(15)6-10-8-16-5-4-13-10/h2-3,10,13H,4-8H2,1H3,(H,14,15). The molecule has 0 aliphatic carbocycles. The highest BCUT2D eigenvalue weighted by Gasteiger charge is 2.16. The van der Waals surface area contributed by atoms with E-state index in [-0.39, 0.29) is 11.9 Å². The fourth-order valence-electron chi connectivity index (χ4n) is 1.81. The van der Waals surface area contributed by atoms with Crippen molar-refractivity contribution in [3.63, 3.8) is 0 Å². The van der Waals surface area contributed by atoms with Gasteiger partial charge in [0.25, 0.3) is 0 Å². The fraction of sp³-hybridized carbons (Fsp3) is 0.583. The fourth-order valence-corrected chi connectivity index (χ4v) is 1.81. The maximum atomic E-state index is 11.6. The molecule has 1 aromatic rings. The van der Waals surface area contributed by atoms with E-state index in [0.29, 0.717) is 19.6 Å². The smallest absolute Gasteiger partial charge is 0.222 e. The predicted octanol–water partition coefficient (Wildman–Crippen LogP) is 0.583. The minimum Gasteiger partial charge on any atom is -0.465 e. The van der Waals surface area contributed by atoms with Crippen LogP contribution in [-0.4, -0.2) is 31.7 Å². The first-order valence-corrected chi connectivity index (χ1v) is 5.87. The number of nitrogens with one attached hydrogen (secondary N) is 2. The molecule has 2 heterocycles. The van der Waals surface area contributed by atoms with E-state index in [1.54, 1.807) is 0 Å². The number of carbonyl (C=O) groups is 1. The second kappa shape index (κ2) is 5.84. The van der Waals surface area contributed by atoms with Crippen LogP contribution in [0.3, 0.4) is 0 Å². The summed E-state index contributed by atoms with van der Waals surface area (Å²) in [6.07, 6.45) is 0.444. The summed E-state index contributed by atoms with van der Waals surface area (Å²) in [7, 11) is 0. The van der Waals surface area contributed by atoms with E-state index in [1.807, 2.05) is 19.1 Å². The third kappa shape index (κ3) is 3.87. The molecule has 0 aromatic carbocycles. The number of hydrogen-bond donors (Lipinski definition) is 2. The second-order valence-electron chi connectivity index (χ2n) is 4.22. The molecular formula is C12H18N2O3. The van der Waals surface area contributed by atoms with E-state index in [9.17, 15) is 4.79 Å². The Kier molecular flexibility index (Phi) is 4.17. The van der Waals surface area contributed by atoms with Gasteiger partial charge < -0.3 is 19.8 Å². The lowest BCUT2D eigenvalue weighted by molar-refractivity contribution is -0.122. The molecular weight excluding hydrogens is 220 g/mol. The van der Waals surface area contributed by atoms with Crippen molar-refractivity contribution < 1.29 is 13.9 Å². The lowest BCUT2D eigenvalue weighted by atomic mass is 10.2. The van der Waals surface area contributed by atoms with E-state index in [1.165, 1.54) is 0 Å². The third-order valence-corrected chi connectivity index (χ3v) is 2.69. The van der Waals surface area contributed by atoms with Gasteiger partial charge in [-0.3, -0.25) is 4.79 Å². The molecule has 1 aliphatic heterocycles. The highest BCUT2D eigenvalue weighted by molar-refractivity contribution is 5.76. The van der Waals surface area contributed by atoms with Gasteiger partial charge in [-0.05, 0) is 19.1 Å². The van der Waals surface area contributed by atoms with E-state index in [2.05, 4.69) is 10.6 Å². The zero-order chi connectivity index (χ0) is 12.1. The molecule has 0 spiro atoms. The number of hydrogen-bond acceptors (Lipinski definition) is 4. The molecule has 1 amide bonds. The molecule has 2 N–H and O–H groups in total. The van der Waals surface area contributed by atoms with Crippen LogP contribution in [0.15, 0.2) is 16.5 Å². The summed E-state index contributed by atoms with van der Waals surface area (Å²) in [6, 6.07) is 3.89. The van der Waals surface area contributed by atoms with Gasteiger partial charge in [0.1, 0.15) is 11.5 Å². The maximum absolute atomic E-state index is 11.6. The molecule has 0 saturated carbocycles. The second-order valence-corrected chi connectivity index (χ2v) is 4.22. The molecule has 17 heavy (non-hydrogen) atoms. The van der Waals surface area contributed by atoms with Crippen molar-refractivity contribution in [3.05, 3.63) is 23.7 Å². The summed E-state index contributed by atoms with van der Waals surface area (Å²) < 4.78 is 10.7. The van der Waals surface area contributed by atoms with Crippen molar-refractivity contribution in [2.45, 2.75) is 25.9 Å². The summed E-state index contributed by atoms with van der Waals surface area (Å²) in [5.74, 6) is 1.65. The molecule has 94 valence electrons.